The summed E-state index contributed by atoms with van der Waals surface area (Å²) in [4.78, 5) is 30.9. The van der Waals surface area contributed by atoms with E-state index in [1.807, 2.05) is 51.1 Å². The number of aryl methyl sites for hydroxylation is 2. The first-order valence-electron chi connectivity index (χ1n) is 11.0. The molecule has 1 heterocycles. The number of anilines is 1. The average Bonchev–Trinajstić information content (AvgIpc) is 3.13. The van der Waals surface area contributed by atoms with Crippen LogP contribution in [0.2, 0.25) is 0 Å². The molecular formula is C25H29BrN4O3S. The second kappa shape index (κ2) is 12.2. The van der Waals surface area contributed by atoms with Crippen LogP contribution >= 0.6 is 27.7 Å². The molecule has 1 aliphatic heterocycles. The van der Waals surface area contributed by atoms with Gasteiger partial charge in [-0.25, -0.2) is 4.99 Å². The molecule has 34 heavy (non-hydrogen) atoms. The van der Waals surface area contributed by atoms with Gasteiger partial charge < -0.3 is 21.1 Å². The number of halogens is 1. The van der Waals surface area contributed by atoms with Crippen molar-refractivity contribution in [1.82, 2.24) is 5.32 Å². The SMILES string of the molecule is CCOCCCNC(=O)C1=C(N)[C@@H](C(=O)Nc2ccc(Br)cc2)SC1=Nc1ccc(C)cc1C. The third-order valence-electron chi connectivity index (χ3n) is 5.12. The van der Waals surface area contributed by atoms with Gasteiger partial charge in [0.25, 0.3) is 5.91 Å². The lowest BCUT2D eigenvalue weighted by Crippen LogP contribution is -2.32. The summed E-state index contributed by atoms with van der Waals surface area (Å²) in [5.74, 6) is -0.652. The zero-order valence-corrected chi connectivity index (χ0v) is 21.9. The van der Waals surface area contributed by atoms with E-state index in [9.17, 15) is 9.59 Å². The van der Waals surface area contributed by atoms with Gasteiger partial charge in [0.15, 0.2) is 0 Å². The van der Waals surface area contributed by atoms with E-state index in [0.29, 0.717) is 36.9 Å². The van der Waals surface area contributed by atoms with Crippen LogP contribution in [0.25, 0.3) is 0 Å². The van der Waals surface area contributed by atoms with E-state index >= 15 is 0 Å². The Labute approximate surface area is 212 Å². The molecule has 9 heteroatoms. The highest BCUT2D eigenvalue weighted by Crippen LogP contribution is 2.36. The molecule has 0 saturated heterocycles. The number of nitrogens with one attached hydrogen (secondary N) is 2. The van der Waals surface area contributed by atoms with Crippen LogP contribution in [0.1, 0.15) is 24.5 Å². The van der Waals surface area contributed by atoms with Crippen LogP contribution in [-0.2, 0) is 14.3 Å². The fourth-order valence-electron chi connectivity index (χ4n) is 3.38. The molecule has 2 amide bonds. The molecule has 1 atom stereocenters. The van der Waals surface area contributed by atoms with Crippen LogP contribution in [0.3, 0.4) is 0 Å². The van der Waals surface area contributed by atoms with Crippen molar-refractivity contribution in [2.75, 3.05) is 25.1 Å². The predicted molar refractivity (Wildman–Crippen MR) is 142 cm³/mol. The minimum absolute atomic E-state index is 0.199. The van der Waals surface area contributed by atoms with E-state index in [0.717, 1.165) is 21.3 Å². The maximum atomic E-state index is 13.1. The van der Waals surface area contributed by atoms with Gasteiger partial charge in [-0.2, -0.15) is 0 Å². The molecule has 0 fully saturated rings. The van der Waals surface area contributed by atoms with Crippen molar-refractivity contribution in [2.24, 2.45) is 10.7 Å². The van der Waals surface area contributed by atoms with Crippen LogP contribution in [0.4, 0.5) is 11.4 Å². The molecule has 3 rings (SSSR count). The smallest absolute Gasteiger partial charge is 0.255 e. The molecule has 0 aliphatic carbocycles. The molecule has 180 valence electrons. The van der Waals surface area contributed by atoms with E-state index in [1.165, 1.54) is 11.8 Å². The molecule has 2 aromatic carbocycles. The second-order valence-electron chi connectivity index (χ2n) is 7.84. The third kappa shape index (κ3) is 6.71. The molecule has 0 saturated carbocycles. The van der Waals surface area contributed by atoms with Crippen molar-refractivity contribution < 1.29 is 14.3 Å². The summed E-state index contributed by atoms with van der Waals surface area (Å²) in [5, 5.41) is 5.42. The van der Waals surface area contributed by atoms with Crippen LogP contribution in [0, 0.1) is 13.8 Å². The zero-order chi connectivity index (χ0) is 24.7. The largest absolute Gasteiger partial charge is 0.400 e. The monoisotopic (exact) mass is 544 g/mol. The summed E-state index contributed by atoms with van der Waals surface area (Å²) in [5.41, 5.74) is 10.3. The first kappa shape index (κ1) is 26.0. The maximum absolute atomic E-state index is 13.1. The van der Waals surface area contributed by atoms with Gasteiger partial charge in [0.2, 0.25) is 5.91 Å². The van der Waals surface area contributed by atoms with Gasteiger partial charge in [0, 0.05) is 35.6 Å². The molecule has 1 aliphatic rings. The normalized spacial score (nSPS) is 16.7. The molecule has 2 aromatic rings. The Morgan fingerprint density at radius 1 is 1.18 bits per heavy atom. The van der Waals surface area contributed by atoms with E-state index in [2.05, 4.69) is 26.6 Å². The highest BCUT2D eigenvalue weighted by atomic mass is 79.9. The number of nitrogens with two attached hydrogens (primary N) is 1. The Hall–Kier alpha value is -2.62. The van der Waals surface area contributed by atoms with Crippen molar-refractivity contribution in [3.63, 3.8) is 0 Å². The lowest BCUT2D eigenvalue weighted by atomic mass is 10.1. The van der Waals surface area contributed by atoms with Crippen molar-refractivity contribution >= 4 is 55.9 Å². The number of carbonyl (C=O) groups excluding carboxylic acids is 2. The fraction of sp³-hybridized carbons (Fsp3) is 0.320. The molecule has 4 N–H and O–H groups in total. The Morgan fingerprint density at radius 3 is 2.59 bits per heavy atom. The predicted octanol–water partition coefficient (Wildman–Crippen LogP) is 4.61. The number of amides is 2. The number of hydrogen-bond donors (Lipinski definition) is 3. The summed E-state index contributed by atoms with van der Waals surface area (Å²) in [6.45, 7) is 7.52. The number of carbonyl (C=O) groups is 2. The summed E-state index contributed by atoms with van der Waals surface area (Å²) >= 11 is 4.57. The van der Waals surface area contributed by atoms with Gasteiger partial charge in [-0.05, 0) is 63.1 Å². The summed E-state index contributed by atoms with van der Waals surface area (Å²) in [6, 6.07) is 13.1. The lowest BCUT2D eigenvalue weighted by Gasteiger charge is -2.11. The van der Waals surface area contributed by atoms with E-state index < -0.39 is 5.25 Å². The quantitative estimate of drug-likeness (QED) is 0.400. The standard InChI is InChI=1S/C25H29BrN4O3S/c1-4-33-13-5-12-28-23(31)20-21(27)22(24(32)29-18-9-7-17(26)8-10-18)34-25(20)30-19-11-6-15(2)14-16(19)3/h6-11,14,22H,4-5,12-13,27H2,1-3H3,(H,28,31)(H,29,32)/t22-/m0/s1. The molecule has 0 radical (unpaired) electrons. The lowest BCUT2D eigenvalue weighted by molar-refractivity contribution is -0.117. The first-order valence-corrected chi connectivity index (χ1v) is 12.7. The zero-order valence-electron chi connectivity index (χ0n) is 19.5. The second-order valence-corrected chi connectivity index (χ2v) is 9.85. The van der Waals surface area contributed by atoms with Crippen molar-refractivity contribution in [3.8, 4) is 0 Å². The number of aliphatic imine (C=N–C) groups is 1. The first-order chi connectivity index (χ1) is 16.3. The van der Waals surface area contributed by atoms with E-state index in [4.69, 9.17) is 15.5 Å². The van der Waals surface area contributed by atoms with Crippen molar-refractivity contribution in [2.45, 2.75) is 32.4 Å². The van der Waals surface area contributed by atoms with Crippen molar-refractivity contribution in [1.29, 1.82) is 0 Å². The van der Waals surface area contributed by atoms with E-state index in [1.54, 1.807) is 12.1 Å². The van der Waals surface area contributed by atoms with E-state index in [-0.39, 0.29) is 23.1 Å². The minimum Gasteiger partial charge on any atom is -0.400 e. The minimum atomic E-state index is -0.766. The summed E-state index contributed by atoms with van der Waals surface area (Å²) in [6.07, 6.45) is 0.678. The molecule has 0 bridgehead atoms. The summed E-state index contributed by atoms with van der Waals surface area (Å²) in [7, 11) is 0. The Balaban J connectivity index is 1.86. The highest BCUT2D eigenvalue weighted by molar-refractivity contribution is 9.10. The van der Waals surface area contributed by atoms with Gasteiger partial charge >= 0.3 is 0 Å². The third-order valence-corrected chi connectivity index (χ3v) is 6.87. The Bertz CT molecular complexity index is 1120. The van der Waals surface area contributed by atoms with Crippen LogP contribution in [0.15, 0.2) is 63.2 Å². The van der Waals surface area contributed by atoms with Gasteiger partial charge in [-0.3, -0.25) is 9.59 Å². The molecular weight excluding hydrogens is 516 g/mol. The average molecular weight is 546 g/mol. The molecule has 0 aromatic heterocycles. The Kier molecular flexibility index (Phi) is 9.32. The van der Waals surface area contributed by atoms with Gasteiger partial charge in [-0.1, -0.05) is 45.4 Å². The molecule has 7 nitrogen and oxygen atoms in total. The van der Waals surface area contributed by atoms with Gasteiger partial charge in [0.1, 0.15) is 10.3 Å². The van der Waals surface area contributed by atoms with Crippen LogP contribution < -0.4 is 16.4 Å². The Morgan fingerprint density at radius 2 is 1.91 bits per heavy atom. The van der Waals surface area contributed by atoms with Crippen molar-refractivity contribution in [3.05, 3.63) is 69.3 Å². The fourth-order valence-corrected chi connectivity index (χ4v) is 4.76. The maximum Gasteiger partial charge on any atom is 0.255 e. The van der Waals surface area contributed by atoms with Gasteiger partial charge in [0.05, 0.1) is 11.3 Å². The highest BCUT2D eigenvalue weighted by Gasteiger charge is 2.38. The van der Waals surface area contributed by atoms with Gasteiger partial charge in [-0.15, -0.1) is 0 Å². The number of ether oxygens (including phenoxy) is 1. The topological polar surface area (TPSA) is 106 Å². The summed E-state index contributed by atoms with van der Waals surface area (Å²) < 4.78 is 6.23. The number of rotatable bonds is 9. The number of hydrogen-bond acceptors (Lipinski definition) is 6. The number of benzene rings is 2. The molecule has 0 unspecified atom stereocenters. The van der Waals surface area contributed by atoms with Crippen LogP contribution in [0.5, 0.6) is 0 Å². The van der Waals surface area contributed by atoms with Crippen LogP contribution in [-0.4, -0.2) is 41.9 Å². The number of nitrogens with zero attached hydrogens (tertiary/aromatic N) is 1. The number of thioether (sulfide) groups is 1. The molecule has 0 spiro atoms.